The summed E-state index contributed by atoms with van der Waals surface area (Å²) in [6.45, 7) is 6.63. The third-order valence-corrected chi connectivity index (χ3v) is 5.67. The molecule has 1 aromatic heterocycles. The second-order valence-electron chi connectivity index (χ2n) is 7.86. The number of nitrogens with zero attached hydrogens (tertiary/aromatic N) is 1. The van der Waals surface area contributed by atoms with Crippen LogP contribution in [0.1, 0.15) is 55.4 Å². The maximum Gasteiger partial charge on any atom is 0.126 e. The number of benzene rings is 3. The van der Waals surface area contributed by atoms with E-state index in [1.54, 1.807) is 7.11 Å². The summed E-state index contributed by atoms with van der Waals surface area (Å²) in [7, 11) is 1.76. The minimum atomic E-state index is 0.447. The molecule has 0 aliphatic rings. The molecule has 152 valence electrons. The molecule has 1 N–H and O–H groups in total. The quantitative estimate of drug-likeness (QED) is 0.354. The molecule has 0 amide bonds. The monoisotopic (exact) mass is 396 g/mol. The van der Waals surface area contributed by atoms with E-state index in [0.29, 0.717) is 5.92 Å². The highest BCUT2D eigenvalue weighted by molar-refractivity contribution is 6.01. The van der Waals surface area contributed by atoms with Crippen LogP contribution in [0.15, 0.2) is 72.9 Å². The average molecular weight is 397 g/mol. The Morgan fingerprint density at radius 3 is 2.47 bits per heavy atom. The Morgan fingerprint density at radius 2 is 1.77 bits per heavy atom. The predicted molar refractivity (Wildman–Crippen MR) is 126 cm³/mol. The number of aromatic nitrogens is 2. The number of aromatic amines is 1. The predicted octanol–water partition coefficient (Wildman–Crippen LogP) is 7.06. The van der Waals surface area contributed by atoms with Gasteiger partial charge in [-0.3, -0.25) is 5.10 Å². The third-order valence-electron chi connectivity index (χ3n) is 5.67. The second-order valence-corrected chi connectivity index (χ2v) is 7.86. The van der Waals surface area contributed by atoms with E-state index in [4.69, 9.17) is 4.74 Å². The summed E-state index contributed by atoms with van der Waals surface area (Å²) in [5.74, 6) is 1.35. The molecular weight excluding hydrogens is 368 g/mol. The van der Waals surface area contributed by atoms with Crippen LogP contribution in [0.2, 0.25) is 0 Å². The van der Waals surface area contributed by atoms with Crippen molar-refractivity contribution in [2.24, 2.45) is 0 Å². The van der Waals surface area contributed by atoms with E-state index in [1.165, 1.54) is 27.8 Å². The Labute approximate surface area is 178 Å². The van der Waals surface area contributed by atoms with Gasteiger partial charge in [0.05, 0.1) is 18.8 Å². The van der Waals surface area contributed by atoms with Crippen molar-refractivity contribution in [1.82, 2.24) is 10.2 Å². The molecule has 0 radical (unpaired) electrons. The van der Waals surface area contributed by atoms with Crippen LogP contribution in [0.25, 0.3) is 22.0 Å². The zero-order chi connectivity index (χ0) is 21.1. The first kappa shape index (κ1) is 20.0. The van der Waals surface area contributed by atoms with Crippen LogP contribution < -0.4 is 4.74 Å². The Kier molecular flexibility index (Phi) is 5.71. The largest absolute Gasteiger partial charge is 0.496 e. The summed E-state index contributed by atoms with van der Waals surface area (Å²) in [6, 6.07) is 23.7. The molecule has 0 aliphatic heterocycles. The lowest BCUT2D eigenvalue weighted by Gasteiger charge is -2.20. The Balaban J connectivity index is 2.02. The van der Waals surface area contributed by atoms with E-state index in [9.17, 15) is 0 Å². The highest BCUT2D eigenvalue weighted by Crippen LogP contribution is 2.40. The van der Waals surface area contributed by atoms with Gasteiger partial charge in [-0.25, -0.2) is 0 Å². The van der Waals surface area contributed by atoms with Crippen LogP contribution in [0.4, 0.5) is 0 Å². The van der Waals surface area contributed by atoms with Crippen molar-refractivity contribution in [3.05, 3.63) is 95.2 Å². The molecular formula is C27H28N2O. The maximum atomic E-state index is 5.89. The fraction of sp³-hybridized carbons (Fsp3) is 0.222. The zero-order valence-electron chi connectivity index (χ0n) is 18.1. The van der Waals surface area contributed by atoms with Gasteiger partial charge in [-0.05, 0) is 58.4 Å². The summed E-state index contributed by atoms with van der Waals surface area (Å²) in [5, 5.41) is 8.35. The van der Waals surface area contributed by atoms with E-state index in [-0.39, 0.29) is 0 Å². The Hall–Kier alpha value is -3.33. The number of ether oxygens (including phenoxy) is 1. The molecule has 0 bridgehead atoms. The lowest BCUT2D eigenvalue weighted by Crippen LogP contribution is -2.00. The molecule has 3 aromatic carbocycles. The molecule has 0 unspecified atom stereocenters. The molecule has 4 aromatic rings. The van der Waals surface area contributed by atoms with Crippen molar-refractivity contribution >= 4 is 22.0 Å². The van der Waals surface area contributed by atoms with Gasteiger partial charge in [-0.2, -0.15) is 5.10 Å². The highest BCUT2D eigenvalue weighted by Gasteiger charge is 2.18. The fourth-order valence-electron chi connectivity index (χ4n) is 4.03. The van der Waals surface area contributed by atoms with Gasteiger partial charge in [0.15, 0.2) is 0 Å². The number of allylic oxidation sites excluding steroid dienone is 1. The molecule has 0 aliphatic carbocycles. The van der Waals surface area contributed by atoms with E-state index >= 15 is 0 Å². The number of H-pyrrole nitrogens is 1. The van der Waals surface area contributed by atoms with Crippen LogP contribution in [-0.2, 0) is 0 Å². The first-order chi connectivity index (χ1) is 14.6. The molecule has 0 saturated carbocycles. The minimum Gasteiger partial charge on any atom is -0.496 e. The number of fused-ring (bicyclic) bond motifs is 1. The van der Waals surface area contributed by atoms with Gasteiger partial charge >= 0.3 is 0 Å². The van der Waals surface area contributed by atoms with Gasteiger partial charge in [0.1, 0.15) is 5.75 Å². The van der Waals surface area contributed by atoms with Crippen molar-refractivity contribution in [3.63, 3.8) is 0 Å². The van der Waals surface area contributed by atoms with Crippen molar-refractivity contribution in [3.8, 4) is 5.75 Å². The normalized spacial score (nSPS) is 12.3. The zero-order valence-corrected chi connectivity index (χ0v) is 18.1. The molecule has 3 heteroatoms. The summed E-state index contributed by atoms with van der Waals surface area (Å²) in [5.41, 5.74) is 8.34. The number of hydrogen-bond donors (Lipinski definition) is 1. The Bertz CT molecular complexity index is 1190. The van der Waals surface area contributed by atoms with Crippen molar-refractivity contribution in [2.75, 3.05) is 7.11 Å². The number of methoxy groups -OCH3 is 1. The topological polar surface area (TPSA) is 37.9 Å². The molecule has 0 saturated heterocycles. The van der Waals surface area contributed by atoms with Crippen molar-refractivity contribution in [2.45, 2.75) is 33.1 Å². The fourth-order valence-corrected chi connectivity index (χ4v) is 4.03. The smallest absolute Gasteiger partial charge is 0.126 e. The van der Waals surface area contributed by atoms with Gasteiger partial charge in [-0.1, -0.05) is 69.3 Å². The summed E-state index contributed by atoms with van der Waals surface area (Å²) >= 11 is 0. The van der Waals surface area contributed by atoms with Crippen LogP contribution in [0.5, 0.6) is 5.75 Å². The van der Waals surface area contributed by atoms with Crippen LogP contribution in [0.3, 0.4) is 0 Å². The third kappa shape index (κ3) is 3.76. The maximum absolute atomic E-state index is 5.89. The Morgan fingerprint density at radius 1 is 0.967 bits per heavy atom. The minimum absolute atomic E-state index is 0.447. The summed E-state index contributed by atoms with van der Waals surface area (Å²) in [4.78, 5) is 0. The number of rotatable bonds is 6. The van der Waals surface area contributed by atoms with E-state index in [1.807, 2.05) is 6.20 Å². The van der Waals surface area contributed by atoms with Gasteiger partial charge in [0, 0.05) is 10.9 Å². The summed E-state index contributed by atoms with van der Waals surface area (Å²) < 4.78 is 5.89. The van der Waals surface area contributed by atoms with Crippen molar-refractivity contribution < 1.29 is 4.74 Å². The molecule has 0 fully saturated rings. The van der Waals surface area contributed by atoms with Crippen LogP contribution >= 0.6 is 0 Å². The SMILES string of the molecule is CC/C(=C(\c1ccc2[nH]ncc2c1)c1ccc(C(C)C)cc1OC)c1ccccc1. The first-order valence-electron chi connectivity index (χ1n) is 10.5. The molecule has 4 rings (SSSR count). The van der Waals surface area contributed by atoms with E-state index < -0.39 is 0 Å². The number of nitrogens with one attached hydrogen (secondary N) is 1. The molecule has 0 spiro atoms. The van der Waals surface area contributed by atoms with Gasteiger partial charge in [-0.15, -0.1) is 0 Å². The second kappa shape index (κ2) is 8.58. The van der Waals surface area contributed by atoms with Crippen LogP contribution in [-0.4, -0.2) is 17.3 Å². The lowest BCUT2D eigenvalue weighted by molar-refractivity contribution is 0.413. The molecule has 0 atom stereocenters. The van der Waals surface area contributed by atoms with Gasteiger partial charge < -0.3 is 4.74 Å². The van der Waals surface area contributed by atoms with Gasteiger partial charge in [0.2, 0.25) is 0 Å². The standard InChI is InChI=1S/C27H28N2O/c1-5-23(19-9-7-6-8-10-19)27(21-12-14-25-22(15-21)17-28-29-25)24-13-11-20(18(2)3)16-26(24)30-4/h6-18H,5H2,1-4H3,(H,28,29)/b27-23-. The average Bonchev–Trinajstić information content (AvgIpc) is 3.25. The highest BCUT2D eigenvalue weighted by atomic mass is 16.5. The number of hydrogen-bond acceptors (Lipinski definition) is 2. The molecule has 30 heavy (non-hydrogen) atoms. The lowest BCUT2D eigenvalue weighted by atomic mass is 9.86. The molecule has 3 nitrogen and oxygen atoms in total. The van der Waals surface area contributed by atoms with Gasteiger partial charge in [0.25, 0.3) is 0 Å². The first-order valence-corrected chi connectivity index (χ1v) is 10.5. The van der Waals surface area contributed by atoms with E-state index in [2.05, 4.69) is 97.7 Å². The van der Waals surface area contributed by atoms with E-state index in [0.717, 1.165) is 28.6 Å². The van der Waals surface area contributed by atoms with Crippen LogP contribution in [0, 0.1) is 0 Å². The van der Waals surface area contributed by atoms with Crippen molar-refractivity contribution in [1.29, 1.82) is 0 Å². The summed E-state index contributed by atoms with van der Waals surface area (Å²) in [6.07, 6.45) is 2.79. The molecule has 1 heterocycles.